The Labute approximate surface area is 118 Å². The van der Waals surface area contributed by atoms with Gasteiger partial charge in [-0.2, -0.15) is 0 Å². The quantitative estimate of drug-likeness (QED) is 0.902. The number of likely N-dealkylation sites (N-methyl/N-ethyl adjacent to an activating group) is 1. The largest absolute Gasteiger partial charge is 0.495 e. The SMILES string of the molecule is COc1cc(OC)c(N[C@@H](C)C(=O)N(C)C)cc1Cl. The Morgan fingerprint density at radius 3 is 2.32 bits per heavy atom. The Hall–Kier alpha value is -1.62. The third-order valence-electron chi connectivity index (χ3n) is 2.66. The summed E-state index contributed by atoms with van der Waals surface area (Å²) in [6, 6.07) is 2.98. The summed E-state index contributed by atoms with van der Waals surface area (Å²) in [4.78, 5) is 13.3. The van der Waals surface area contributed by atoms with Crippen LogP contribution in [0.5, 0.6) is 11.5 Å². The Morgan fingerprint density at radius 1 is 1.26 bits per heavy atom. The lowest BCUT2D eigenvalue weighted by atomic mass is 10.2. The predicted molar refractivity (Wildman–Crippen MR) is 76.3 cm³/mol. The molecule has 1 N–H and O–H groups in total. The van der Waals surface area contributed by atoms with Crippen LogP contribution >= 0.6 is 11.6 Å². The van der Waals surface area contributed by atoms with Crippen LogP contribution in [0.25, 0.3) is 0 Å². The van der Waals surface area contributed by atoms with Crippen LogP contribution in [0.2, 0.25) is 5.02 Å². The monoisotopic (exact) mass is 286 g/mol. The van der Waals surface area contributed by atoms with Gasteiger partial charge in [-0.3, -0.25) is 4.79 Å². The minimum absolute atomic E-state index is 0.0333. The van der Waals surface area contributed by atoms with Crippen LogP contribution in [-0.2, 0) is 4.79 Å². The number of nitrogens with one attached hydrogen (secondary N) is 1. The molecule has 0 spiro atoms. The summed E-state index contributed by atoms with van der Waals surface area (Å²) in [6.07, 6.45) is 0. The smallest absolute Gasteiger partial charge is 0.244 e. The van der Waals surface area contributed by atoms with Crippen molar-refractivity contribution < 1.29 is 14.3 Å². The highest BCUT2D eigenvalue weighted by molar-refractivity contribution is 6.32. The first kappa shape index (κ1) is 15.4. The molecule has 0 saturated carbocycles. The predicted octanol–water partition coefficient (Wildman–Crippen LogP) is 2.25. The molecule has 0 fully saturated rings. The van der Waals surface area contributed by atoms with E-state index in [9.17, 15) is 4.79 Å². The highest BCUT2D eigenvalue weighted by Gasteiger charge is 2.17. The lowest BCUT2D eigenvalue weighted by Gasteiger charge is -2.21. The zero-order chi connectivity index (χ0) is 14.6. The first-order valence-electron chi connectivity index (χ1n) is 5.80. The highest BCUT2D eigenvalue weighted by atomic mass is 35.5. The van der Waals surface area contributed by atoms with E-state index in [2.05, 4.69) is 5.32 Å². The molecule has 0 saturated heterocycles. The highest BCUT2D eigenvalue weighted by Crippen LogP contribution is 2.36. The van der Waals surface area contributed by atoms with Crippen molar-refractivity contribution in [3.05, 3.63) is 17.2 Å². The molecule has 19 heavy (non-hydrogen) atoms. The maximum Gasteiger partial charge on any atom is 0.244 e. The number of rotatable bonds is 5. The van der Waals surface area contributed by atoms with Gasteiger partial charge in [0.15, 0.2) is 0 Å². The van der Waals surface area contributed by atoms with Gasteiger partial charge in [-0.1, -0.05) is 11.6 Å². The van der Waals surface area contributed by atoms with E-state index >= 15 is 0 Å². The van der Waals surface area contributed by atoms with E-state index in [-0.39, 0.29) is 11.9 Å². The van der Waals surface area contributed by atoms with Crippen molar-refractivity contribution in [3.8, 4) is 11.5 Å². The molecule has 5 nitrogen and oxygen atoms in total. The van der Waals surface area contributed by atoms with Crippen molar-refractivity contribution in [2.75, 3.05) is 33.6 Å². The normalized spacial score (nSPS) is 11.7. The number of nitrogens with zero attached hydrogens (tertiary/aromatic N) is 1. The van der Waals surface area contributed by atoms with Gasteiger partial charge in [0.25, 0.3) is 0 Å². The van der Waals surface area contributed by atoms with Crippen molar-refractivity contribution in [2.24, 2.45) is 0 Å². The molecule has 1 aromatic carbocycles. The van der Waals surface area contributed by atoms with Gasteiger partial charge in [-0.05, 0) is 13.0 Å². The average Bonchev–Trinajstić information content (AvgIpc) is 2.37. The number of carbonyl (C=O) groups excluding carboxylic acids is 1. The maximum atomic E-state index is 11.8. The number of hydrogen-bond donors (Lipinski definition) is 1. The number of hydrogen-bond acceptors (Lipinski definition) is 4. The molecule has 0 bridgehead atoms. The molecule has 6 heteroatoms. The van der Waals surface area contributed by atoms with Crippen molar-refractivity contribution in [3.63, 3.8) is 0 Å². The van der Waals surface area contributed by atoms with E-state index in [0.29, 0.717) is 22.2 Å². The first-order valence-corrected chi connectivity index (χ1v) is 6.17. The van der Waals surface area contributed by atoms with Gasteiger partial charge in [-0.25, -0.2) is 0 Å². The lowest BCUT2D eigenvalue weighted by molar-refractivity contribution is -0.129. The molecule has 0 radical (unpaired) electrons. The Bertz CT molecular complexity index is 463. The second kappa shape index (κ2) is 6.52. The molecule has 0 aliphatic rings. The van der Waals surface area contributed by atoms with Gasteiger partial charge in [0.05, 0.1) is 24.9 Å². The van der Waals surface area contributed by atoms with Crippen LogP contribution < -0.4 is 14.8 Å². The number of benzene rings is 1. The molecule has 0 aromatic heterocycles. The van der Waals surface area contributed by atoms with Crippen LogP contribution in [-0.4, -0.2) is 45.2 Å². The van der Waals surface area contributed by atoms with E-state index in [0.717, 1.165) is 0 Å². The number of amides is 1. The van der Waals surface area contributed by atoms with E-state index in [1.165, 1.54) is 12.0 Å². The van der Waals surface area contributed by atoms with Crippen LogP contribution in [0, 0.1) is 0 Å². The molecule has 0 aliphatic heterocycles. The summed E-state index contributed by atoms with van der Waals surface area (Å²) in [7, 11) is 6.50. The van der Waals surface area contributed by atoms with E-state index in [1.54, 1.807) is 40.3 Å². The van der Waals surface area contributed by atoms with Gasteiger partial charge >= 0.3 is 0 Å². The standard InChI is InChI=1S/C13H19ClN2O3/c1-8(13(17)16(2)3)15-10-6-9(14)11(18-4)7-12(10)19-5/h6-8,15H,1-5H3/t8-/m0/s1. The lowest BCUT2D eigenvalue weighted by Crippen LogP contribution is -2.36. The number of methoxy groups -OCH3 is 2. The summed E-state index contributed by atoms with van der Waals surface area (Å²) in [6.45, 7) is 1.78. The minimum Gasteiger partial charge on any atom is -0.495 e. The average molecular weight is 287 g/mol. The van der Waals surface area contributed by atoms with E-state index in [1.807, 2.05) is 0 Å². The molecule has 106 valence electrons. The third-order valence-corrected chi connectivity index (χ3v) is 2.95. The molecular formula is C13H19ClN2O3. The fraction of sp³-hybridized carbons (Fsp3) is 0.462. The number of anilines is 1. The molecule has 1 atom stereocenters. The van der Waals surface area contributed by atoms with Gasteiger partial charge in [0.2, 0.25) is 5.91 Å². The number of carbonyl (C=O) groups is 1. The summed E-state index contributed by atoms with van der Waals surface area (Å²) in [5.41, 5.74) is 0.649. The van der Waals surface area contributed by atoms with Crippen molar-refractivity contribution in [1.82, 2.24) is 4.90 Å². The molecular weight excluding hydrogens is 268 g/mol. The minimum atomic E-state index is -0.381. The Balaban J connectivity index is 3.00. The first-order chi connectivity index (χ1) is 8.90. The van der Waals surface area contributed by atoms with Crippen molar-refractivity contribution in [1.29, 1.82) is 0 Å². The van der Waals surface area contributed by atoms with Crippen LogP contribution in [0.4, 0.5) is 5.69 Å². The number of halogens is 1. The third kappa shape index (κ3) is 3.67. The summed E-state index contributed by atoms with van der Waals surface area (Å²) in [5.74, 6) is 1.06. The van der Waals surface area contributed by atoms with Gasteiger partial charge in [0.1, 0.15) is 17.5 Å². The van der Waals surface area contributed by atoms with Crippen molar-refractivity contribution >= 4 is 23.2 Å². The van der Waals surface area contributed by atoms with Gasteiger partial charge in [0, 0.05) is 20.2 Å². The molecule has 1 rings (SSSR count). The van der Waals surface area contributed by atoms with Gasteiger partial charge < -0.3 is 19.7 Å². The molecule has 0 unspecified atom stereocenters. The van der Waals surface area contributed by atoms with E-state index in [4.69, 9.17) is 21.1 Å². The fourth-order valence-corrected chi connectivity index (χ4v) is 1.90. The Morgan fingerprint density at radius 2 is 1.84 bits per heavy atom. The molecule has 1 aromatic rings. The maximum absolute atomic E-state index is 11.8. The Kier molecular flexibility index (Phi) is 5.30. The summed E-state index contributed by atoms with van der Waals surface area (Å²) >= 11 is 6.07. The van der Waals surface area contributed by atoms with Crippen LogP contribution in [0.3, 0.4) is 0 Å². The van der Waals surface area contributed by atoms with E-state index < -0.39 is 0 Å². The molecule has 0 aliphatic carbocycles. The van der Waals surface area contributed by atoms with Crippen LogP contribution in [0.15, 0.2) is 12.1 Å². The van der Waals surface area contributed by atoms with Gasteiger partial charge in [-0.15, -0.1) is 0 Å². The summed E-state index contributed by atoms with van der Waals surface area (Å²) in [5, 5.41) is 3.53. The second-order valence-corrected chi connectivity index (χ2v) is 4.69. The zero-order valence-corrected chi connectivity index (χ0v) is 12.5. The molecule has 0 heterocycles. The zero-order valence-electron chi connectivity index (χ0n) is 11.8. The number of ether oxygens (including phenoxy) is 2. The second-order valence-electron chi connectivity index (χ2n) is 4.29. The van der Waals surface area contributed by atoms with Crippen LogP contribution in [0.1, 0.15) is 6.92 Å². The molecule has 1 amide bonds. The summed E-state index contributed by atoms with van der Waals surface area (Å²) < 4.78 is 10.4. The fourth-order valence-electron chi connectivity index (χ4n) is 1.66. The van der Waals surface area contributed by atoms with Crippen molar-refractivity contribution in [2.45, 2.75) is 13.0 Å². The topological polar surface area (TPSA) is 50.8 Å².